The van der Waals surface area contributed by atoms with E-state index in [-0.39, 0.29) is 12.8 Å². The van der Waals surface area contributed by atoms with Crippen molar-refractivity contribution in [2.45, 2.75) is 326 Å². The summed E-state index contributed by atoms with van der Waals surface area (Å²) >= 11 is 0. The second kappa shape index (κ2) is 47.6. The van der Waals surface area contributed by atoms with Crippen LogP contribution in [0.25, 0.3) is 0 Å². The van der Waals surface area contributed by atoms with Crippen LogP contribution in [0.5, 0.6) is 0 Å². The Morgan fingerprint density at radius 3 is 1.25 bits per heavy atom. The molecule has 1 aliphatic rings. The van der Waals surface area contributed by atoms with Gasteiger partial charge in [-0.25, -0.2) is 0 Å². The van der Waals surface area contributed by atoms with Crippen molar-refractivity contribution in [3.05, 3.63) is 24.3 Å². The Hall–Kier alpha value is -1.41. The van der Waals surface area contributed by atoms with Gasteiger partial charge in [0.25, 0.3) is 0 Å². The lowest BCUT2D eigenvalue weighted by molar-refractivity contribution is -0.303. The summed E-state index contributed by atoms with van der Waals surface area (Å²) in [5.41, 5.74) is 0. The minimum Gasteiger partial charge on any atom is -0.394 e. The Morgan fingerprint density at radius 1 is 0.493 bits per heavy atom. The van der Waals surface area contributed by atoms with Crippen molar-refractivity contribution in [3.63, 3.8) is 0 Å². The second-order valence-electron chi connectivity index (χ2n) is 20.7. The molecule has 408 valence electrons. The van der Waals surface area contributed by atoms with Gasteiger partial charge in [-0.3, -0.25) is 4.79 Å². The van der Waals surface area contributed by atoms with Crippen molar-refractivity contribution in [3.8, 4) is 0 Å². The molecule has 0 spiro atoms. The van der Waals surface area contributed by atoms with Crippen LogP contribution in [0.1, 0.15) is 271 Å². The molecule has 1 aliphatic heterocycles. The first-order chi connectivity index (χ1) is 33.7. The lowest BCUT2D eigenvalue weighted by atomic mass is 9.98. The van der Waals surface area contributed by atoms with Crippen LogP contribution in [0.4, 0.5) is 0 Å². The number of carbonyl (C=O) groups is 1. The van der Waals surface area contributed by atoms with Crippen LogP contribution < -0.4 is 5.32 Å². The molecule has 11 heteroatoms. The van der Waals surface area contributed by atoms with Crippen molar-refractivity contribution < 1.29 is 50.0 Å². The van der Waals surface area contributed by atoms with Gasteiger partial charge >= 0.3 is 0 Å². The largest absolute Gasteiger partial charge is 0.394 e. The van der Waals surface area contributed by atoms with E-state index in [1.165, 1.54) is 173 Å². The van der Waals surface area contributed by atoms with Crippen molar-refractivity contribution in [2.75, 3.05) is 13.2 Å². The predicted molar refractivity (Wildman–Crippen MR) is 284 cm³/mol. The van der Waals surface area contributed by atoms with E-state index >= 15 is 0 Å². The highest BCUT2D eigenvalue weighted by molar-refractivity contribution is 5.80. The number of hydrogen-bond donors (Lipinski definition) is 8. The third-order valence-electron chi connectivity index (χ3n) is 14.2. The lowest BCUT2D eigenvalue weighted by Gasteiger charge is -2.40. The molecule has 9 atom stereocenters. The fraction of sp³-hybridized carbons (Fsp3) is 0.914. The fourth-order valence-corrected chi connectivity index (χ4v) is 9.44. The van der Waals surface area contributed by atoms with Gasteiger partial charge in [0.05, 0.1) is 25.4 Å². The molecule has 1 saturated heterocycles. The van der Waals surface area contributed by atoms with E-state index in [1.54, 1.807) is 0 Å². The third kappa shape index (κ3) is 36.2. The van der Waals surface area contributed by atoms with Gasteiger partial charge < -0.3 is 50.5 Å². The lowest BCUT2D eigenvalue weighted by Crippen LogP contribution is -2.60. The summed E-state index contributed by atoms with van der Waals surface area (Å²) < 4.78 is 11.1. The Morgan fingerprint density at radius 2 is 0.855 bits per heavy atom. The quantitative estimate of drug-likeness (QED) is 0.0215. The van der Waals surface area contributed by atoms with Crippen LogP contribution in [0.2, 0.25) is 0 Å². The van der Waals surface area contributed by atoms with Crippen molar-refractivity contribution in [2.24, 2.45) is 0 Å². The number of unbranched alkanes of at least 4 members (excludes halogenated alkanes) is 34. The Kier molecular flexibility index (Phi) is 45.2. The molecule has 0 aromatic carbocycles. The van der Waals surface area contributed by atoms with Crippen LogP contribution in [-0.2, 0) is 14.3 Å². The van der Waals surface area contributed by atoms with E-state index in [0.29, 0.717) is 12.8 Å². The van der Waals surface area contributed by atoms with E-state index in [2.05, 4.69) is 43.5 Å². The molecule has 0 aromatic rings. The fourth-order valence-electron chi connectivity index (χ4n) is 9.44. The van der Waals surface area contributed by atoms with Gasteiger partial charge in [0, 0.05) is 0 Å². The topological polar surface area (TPSA) is 189 Å². The standard InChI is InChI=1S/C58H111NO10/c1-3-5-7-9-11-13-15-17-19-21-23-25-27-29-31-33-35-37-39-41-43-45-50(61)53(63)49(48-68-58-56(66)55(65)54(64)52(47-60)69-58)59-57(67)51(62)46-44-42-40-38-36-34-32-30-28-26-24-22-20-18-16-14-12-10-8-6-4-2/h28,30,37,39,49-56,58,60-66H,3-27,29,31-36,38,40-48H2,1-2H3,(H,59,67)/b30-28-,39-37+. The van der Waals surface area contributed by atoms with Crippen LogP contribution >= 0.6 is 0 Å². The molecule has 69 heavy (non-hydrogen) atoms. The average Bonchev–Trinajstić information content (AvgIpc) is 3.35. The van der Waals surface area contributed by atoms with Crippen LogP contribution in [0.3, 0.4) is 0 Å². The maximum absolute atomic E-state index is 13.2. The number of ether oxygens (including phenoxy) is 2. The molecule has 1 fully saturated rings. The van der Waals surface area contributed by atoms with Crippen LogP contribution in [0.15, 0.2) is 24.3 Å². The van der Waals surface area contributed by atoms with Gasteiger partial charge in [-0.05, 0) is 64.2 Å². The first kappa shape index (κ1) is 65.6. The summed E-state index contributed by atoms with van der Waals surface area (Å²) in [7, 11) is 0. The molecule has 0 aromatic heterocycles. The summed E-state index contributed by atoms with van der Waals surface area (Å²) in [6.07, 6.45) is 45.2. The number of allylic oxidation sites excluding steroid dienone is 4. The summed E-state index contributed by atoms with van der Waals surface area (Å²) in [4.78, 5) is 13.2. The summed E-state index contributed by atoms with van der Waals surface area (Å²) in [5, 5.41) is 76.1. The maximum atomic E-state index is 13.2. The van der Waals surface area contributed by atoms with E-state index < -0.39 is 74.2 Å². The van der Waals surface area contributed by atoms with Gasteiger partial charge in [-0.1, -0.05) is 231 Å². The molecule has 0 saturated carbocycles. The van der Waals surface area contributed by atoms with E-state index in [4.69, 9.17) is 9.47 Å². The molecule has 0 radical (unpaired) electrons. The number of aliphatic hydroxyl groups is 7. The molecular weight excluding hydrogens is 871 g/mol. The average molecular weight is 983 g/mol. The molecule has 1 rings (SSSR count). The number of hydrogen-bond acceptors (Lipinski definition) is 10. The molecule has 1 amide bonds. The monoisotopic (exact) mass is 982 g/mol. The molecule has 8 N–H and O–H groups in total. The van der Waals surface area contributed by atoms with Gasteiger partial charge in [0.2, 0.25) is 5.91 Å². The van der Waals surface area contributed by atoms with E-state index in [9.17, 15) is 40.5 Å². The van der Waals surface area contributed by atoms with E-state index in [1.807, 2.05) is 0 Å². The second-order valence-corrected chi connectivity index (χ2v) is 20.7. The molecule has 9 unspecified atom stereocenters. The Bertz CT molecular complexity index is 1170. The number of aliphatic hydroxyl groups excluding tert-OH is 7. The van der Waals surface area contributed by atoms with Gasteiger partial charge in [0.15, 0.2) is 6.29 Å². The summed E-state index contributed by atoms with van der Waals surface area (Å²) in [5.74, 6) is -0.708. The molecular formula is C58H111NO10. The first-order valence-corrected chi connectivity index (χ1v) is 29.2. The van der Waals surface area contributed by atoms with Crippen LogP contribution in [0, 0.1) is 0 Å². The zero-order valence-electron chi connectivity index (χ0n) is 44.6. The Balaban J connectivity index is 2.34. The zero-order chi connectivity index (χ0) is 50.4. The number of carbonyl (C=O) groups excluding carboxylic acids is 1. The highest BCUT2D eigenvalue weighted by Crippen LogP contribution is 2.23. The van der Waals surface area contributed by atoms with Crippen molar-refractivity contribution in [1.82, 2.24) is 5.32 Å². The van der Waals surface area contributed by atoms with Crippen LogP contribution in [-0.4, -0.2) is 110 Å². The SMILES string of the molecule is CCCCCCCCCCCCC/C=C\CCCCCCCCC(O)C(=O)NC(COC1OC(CO)C(O)C(O)C1O)C(O)C(O)CCC/C=C/CCCCCCCCCCCCCCCCCC. The maximum Gasteiger partial charge on any atom is 0.249 e. The predicted octanol–water partition coefficient (Wildman–Crippen LogP) is 12.1. The van der Waals surface area contributed by atoms with E-state index in [0.717, 1.165) is 57.8 Å². The highest BCUT2D eigenvalue weighted by Gasteiger charge is 2.44. The van der Waals surface area contributed by atoms with Gasteiger partial charge in [-0.15, -0.1) is 0 Å². The smallest absolute Gasteiger partial charge is 0.249 e. The highest BCUT2D eigenvalue weighted by atomic mass is 16.7. The van der Waals surface area contributed by atoms with Crippen molar-refractivity contribution >= 4 is 5.91 Å². The molecule has 11 nitrogen and oxygen atoms in total. The van der Waals surface area contributed by atoms with Crippen molar-refractivity contribution in [1.29, 1.82) is 0 Å². The minimum atomic E-state index is -1.67. The molecule has 1 heterocycles. The van der Waals surface area contributed by atoms with Gasteiger partial charge in [0.1, 0.15) is 36.6 Å². The third-order valence-corrected chi connectivity index (χ3v) is 14.2. The molecule has 0 bridgehead atoms. The number of rotatable bonds is 50. The summed E-state index contributed by atoms with van der Waals surface area (Å²) in [6, 6.07) is -1.19. The summed E-state index contributed by atoms with van der Waals surface area (Å²) in [6.45, 7) is 3.47. The normalized spacial score (nSPS) is 20.5. The number of amides is 1. The first-order valence-electron chi connectivity index (χ1n) is 29.2. The minimum absolute atomic E-state index is 0.248. The van der Waals surface area contributed by atoms with Gasteiger partial charge in [-0.2, -0.15) is 0 Å². The Labute approximate surface area is 423 Å². The number of nitrogens with one attached hydrogen (secondary N) is 1. The zero-order valence-corrected chi connectivity index (χ0v) is 44.6. The molecule has 0 aliphatic carbocycles.